The topological polar surface area (TPSA) is 26.0 Å². The molecule has 0 radical (unpaired) electrons. The van der Waals surface area contributed by atoms with Gasteiger partial charge in [-0.25, -0.2) is 4.98 Å². The zero-order valence-corrected chi connectivity index (χ0v) is 6.90. The molecule has 0 aliphatic carbocycles. The molecular weight excluding hydrogens is 162 g/mol. The van der Waals surface area contributed by atoms with E-state index in [0.29, 0.717) is 0 Å². The quantitative estimate of drug-likeness (QED) is 0.517. The molecule has 0 saturated carbocycles. The van der Waals surface area contributed by atoms with E-state index in [1.54, 1.807) is 0 Å². The van der Waals surface area contributed by atoms with Gasteiger partial charge in [-0.1, -0.05) is 18.2 Å². The lowest BCUT2D eigenvalue weighted by atomic mass is 10.2. The third-order valence-electron chi connectivity index (χ3n) is 2.22. The van der Waals surface area contributed by atoms with Crippen LogP contribution in [0.2, 0.25) is 0 Å². The van der Waals surface area contributed by atoms with Gasteiger partial charge in [0.05, 0.1) is 0 Å². The molecule has 0 amide bonds. The second-order valence-corrected chi connectivity index (χ2v) is 3.05. The second-order valence-electron chi connectivity index (χ2n) is 3.05. The summed E-state index contributed by atoms with van der Waals surface area (Å²) < 4.78 is 5.28. The second kappa shape index (κ2) is 2.33. The Morgan fingerprint density at radius 3 is 2.77 bits per heavy atom. The normalized spacial score (nSPS) is 11.1. The Balaban J connectivity index is 2.57. The molecule has 2 aromatic carbocycles. The number of rotatable bonds is 0. The molecule has 1 aromatic heterocycles. The third-order valence-corrected chi connectivity index (χ3v) is 2.22. The molecule has 0 N–H and O–H groups in total. The van der Waals surface area contributed by atoms with E-state index in [1.165, 1.54) is 17.2 Å². The van der Waals surface area contributed by atoms with E-state index in [9.17, 15) is 0 Å². The molecule has 13 heavy (non-hydrogen) atoms. The van der Waals surface area contributed by atoms with Crippen LogP contribution >= 0.6 is 0 Å². The molecule has 0 atom stereocenters. The van der Waals surface area contributed by atoms with Crippen LogP contribution in [-0.2, 0) is 0 Å². The molecule has 0 bridgehead atoms. The Bertz CT molecular complexity index is 519. The van der Waals surface area contributed by atoms with Crippen LogP contribution in [0.15, 0.2) is 47.3 Å². The van der Waals surface area contributed by atoms with Crippen LogP contribution in [0.5, 0.6) is 0 Å². The summed E-state index contributed by atoms with van der Waals surface area (Å²) in [4.78, 5) is 3.94. The van der Waals surface area contributed by atoms with Crippen molar-refractivity contribution in [2.45, 2.75) is 0 Å². The van der Waals surface area contributed by atoms with Crippen LogP contribution in [0.3, 0.4) is 0 Å². The zero-order chi connectivity index (χ0) is 8.67. The van der Waals surface area contributed by atoms with Crippen LogP contribution in [0, 0.1) is 0 Å². The van der Waals surface area contributed by atoms with Gasteiger partial charge in [-0.3, -0.25) is 0 Å². The molecule has 0 aliphatic heterocycles. The first-order valence-corrected chi connectivity index (χ1v) is 4.14. The molecule has 0 saturated heterocycles. The Hall–Kier alpha value is -1.83. The van der Waals surface area contributed by atoms with Gasteiger partial charge in [0.25, 0.3) is 0 Å². The Kier molecular flexibility index (Phi) is 1.19. The van der Waals surface area contributed by atoms with E-state index in [2.05, 4.69) is 23.2 Å². The summed E-state index contributed by atoms with van der Waals surface area (Å²) >= 11 is 0. The summed E-state index contributed by atoms with van der Waals surface area (Å²) in [5, 5.41) is 3.49. The van der Waals surface area contributed by atoms with Crippen LogP contribution in [0.25, 0.3) is 21.7 Å². The molecule has 3 aromatic rings. The average Bonchev–Trinajstić information content (AvgIpc) is 2.61. The molecule has 0 unspecified atom stereocenters. The Morgan fingerprint density at radius 2 is 1.85 bits per heavy atom. The predicted molar refractivity (Wildman–Crippen MR) is 51.5 cm³/mol. The van der Waals surface area contributed by atoms with Crippen molar-refractivity contribution in [2.24, 2.45) is 0 Å². The van der Waals surface area contributed by atoms with E-state index < -0.39 is 0 Å². The molecule has 0 fully saturated rings. The molecule has 2 heteroatoms. The summed E-state index contributed by atoms with van der Waals surface area (Å²) in [6.07, 6.45) is 3.27. The first-order valence-electron chi connectivity index (χ1n) is 4.14. The smallest absolute Gasteiger partial charge is 0.181 e. The first-order chi connectivity index (χ1) is 6.43. The number of hydrogen-bond acceptors (Lipinski definition) is 2. The molecule has 3 rings (SSSR count). The molecule has 0 aliphatic rings. The van der Waals surface area contributed by atoms with Crippen molar-refractivity contribution in [2.75, 3.05) is 0 Å². The van der Waals surface area contributed by atoms with Gasteiger partial charge < -0.3 is 4.42 Å². The van der Waals surface area contributed by atoms with Crippen molar-refractivity contribution in [3.63, 3.8) is 0 Å². The van der Waals surface area contributed by atoms with Gasteiger partial charge in [0.1, 0.15) is 5.58 Å². The fourth-order valence-corrected chi connectivity index (χ4v) is 1.57. The summed E-state index contributed by atoms with van der Waals surface area (Å²) in [6.45, 7) is 0. The maximum Gasteiger partial charge on any atom is 0.181 e. The van der Waals surface area contributed by atoms with Crippen LogP contribution < -0.4 is 0 Å². The lowest BCUT2D eigenvalue weighted by molar-refractivity contribution is 0.580. The van der Waals surface area contributed by atoms with E-state index in [4.69, 9.17) is 4.42 Å². The first kappa shape index (κ1) is 6.66. The maximum absolute atomic E-state index is 5.28. The van der Waals surface area contributed by atoms with Crippen molar-refractivity contribution in [3.8, 4) is 0 Å². The minimum absolute atomic E-state index is 0.883. The lowest BCUT2D eigenvalue weighted by Gasteiger charge is -1.95. The minimum atomic E-state index is 0.883. The standard InChI is InChI=1S/C11H7NO/c1-2-8-4-10-6-12-7-13-11(10)5-9(8)3-1/h1-7H. The van der Waals surface area contributed by atoms with Gasteiger partial charge in [0.2, 0.25) is 0 Å². The highest BCUT2D eigenvalue weighted by molar-refractivity contribution is 5.95. The summed E-state index contributed by atoms with van der Waals surface area (Å²) in [5.41, 5.74) is 0.883. The van der Waals surface area contributed by atoms with Gasteiger partial charge in [0, 0.05) is 11.6 Å². The number of benzene rings is 1. The highest BCUT2D eigenvalue weighted by Crippen LogP contribution is 2.22. The van der Waals surface area contributed by atoms with Gasteiger partial charge in [-0.15, -0.1) is 0 Å². The van der Waals surface area contributed by atoms with E-state index in [0.717, 1.165) is 11.0 Å². The fraction of sp³-hybridized carbons (Fsp3) is 0. The lowest BCUT2D eigenvalue weighted by Crippen LogP contribution is -1.74. The van der Waals surface area contributed by atoms with Crippen molar-refractivity contribution >= 4 is 21.7 Å². The number of nitrogens with zero attached hydrogens (tertiary/aromatic N) is 1. The Morgan fingerprint density at radius 1 is 1.00 bits per heavy atom. The number of hydrogen-bond donors (Lipinski definition) is 0. The zero-order valence-electron chi connectivity index (χ0n) is 6.90. The van der Waals surface area contributed by atoms with E-state index in [1.807, 2.05) is 18.3 Å². The van der Waals surface area contributed by atoms with E-state index >= 15 is 0 Å². The minimum Gasteiger partial charge on any atom is -0.445 e. The summed E-state index contributed by atoms with van der Waals surface area (Å²) in [7, 11) is 0. The van der Waals surface area contributed by atoms with Crippen LogP contribution in [0.1, 0.15) is 0 Å². The maximum atomic E-state index is 5.28. The summed E-state index contributed by atoms with van der Waals surface area (Å²) in [6, 6.07) is 10.3. The SMILES string of the molecule is c1cc2cc3cncoc3cc2c1. The number of aromatic nitrogens is 1. The summed E-state index contributed by atoms with van der Waals surface area (Å²) in [5.74, 6) is 0. The molecular formula is C11H7NO. The van der Waals surface area contributed by atoms with E-state index in [-0.39, 0.29) is 0 Å². The molecule has 62 valence electrons. The van der Waals surface area contributed by atoms with Gasteiger partial charge >= 0.3 is 0 Å². The van der Waals surface area contributed by atoms with Crippen molar-refractivity contribution in [3.05, 3.63) is 42.9 Å². The highest BCUT2D eigenvalue weighted by Gasteiger charge is 1.98. The van der Waals surface area contributed by atoms with Gasteiger partial charge in [-0.2, -0.15) is 0 Å². The van der Waals surface area contributed by atoms with Crippen LogP contribution in [0.4, 0.5) is 0 Å². The molecule has 2 nitrogen and oxygen atoms in total. The predicted octanol–water partition coefficient (Wildman–Crippen LogP) is 2.98. The Labute approximate surface area is 74.8 Å². The average molecular weight is 169 g/mol. The van der Waals surface area contributed by atoms with Crippen molar-refractivity contribution in [1.82, 2.24) is 4.98 Å². The highest BCUT2D eigenvalue weighted by atomic mass is 16.3. The van der Waals surface area contributed by atoms with Crippen molar-refractivity contribution < 1.29 is 4.42 Å². The number of fused-ring (bicyclic) bond motifs is 2. The molecule has 1 heterocycles. The van der Waals surface area contributed by atoms with Crippen LogP contribution in [-0.4, -0.2) is 4.98 Å². The monoisotopic (exact) mass is 169 g/mol. The largest absolute Gasteiger partial charge is 0.445 e. The van der Waals surface area contributed by atoms with Gasteiger partial charge in [0.15, 0.2) is 6.39 Å². The van der Waals surface area contributed by atoms with Gasteiger partial charge in [-0.05, 0) is 22.9 Å². The fourth-order valence-electron chi connectivity index (χ4n) is 1.57. The third kappa shape index (κ3) is 0.920. The van der Waals surface area contributed by atoms with Crippen molar-refractivity contribution in [1.29, 1.82) is 0 Å². The molecule has 0 spiro atoms.